The van der Waals surface area contributed by atoms with Crippen LogP contribution in [0.25, 0.3) is 10.2 Å². The van der Waals surface area contributed by atoms with Gasteiger partial charge in [-0.05, 0) is 30.7 Å². The largest absolute Gasteiger partial charge is 0.369 e. The van der Waals surface area contributed by atoms with E-state index in [9.17, 15) is 4.79 Å². The monoisotopic (exact) mass is 235 g/mol. The molecule has 0 radical (unpaired) electrons. The van der Waals surface area contributed by atoms with Crippen LogP contribution in [0.15, 0.2) is 4.79 Å². The zero-order chi connectivity index (χ0) is 11.3. The van der Waals surface area contributed by atoms with E-state index in [0.29, 0.717) is 5.92 Å². The normalized spacial score (nSPS) is 19.9. The third-order valence-corrected chi connectivity index (χ3v) is 4.33. The van der Waals surface area contributed by atoms with Crippen LogP contribution >= 0.6 is 11.3 Å². The Labute approximate surface area is 96.5 Å². The molecular formula is C11H13N3OS. The molecule has 0 fully saturated rings. The topological polar surface area (TPSA) is 71.8 Å². The highest BCUT2D eigenvalue weighted by Gasteiger charge is 2.22. The van der Waals surface area contributed by atoms with Crippen molar-refractivity contribution < 1.29 is 0 Å². The van der Waals surface area contributed by atoms with Crippen molar-refractivity contribution in [1.82, 2.24) is 9.97 Å². The fourth-order valence-electron chi connectivity index (χ4n) is 2.37. The third-order valence-electron chi connectivity index (χ3n) is 3.18. The molecule has 2 aromatic heterocycles. The van der Waals surface area contributed by atoms with Gasteiger partial charge in [0, 0.05) is 4.88 Å². The molecule has 1 unspecified atom stereocenters. The number of nitrogens with two attached hydrogens (primary N) is 1. The summed E-state index contributed by atoms with van der Waals surface area (Å²) in [7, 11) is 0. The van der Waals surface area contributed by atoms with Crippen molar-refractivity contribution in [2.24, 2.45) is 5.92 Å². The number of thiophene rings is 1. The van der Waals surface area contributed by atoms with Gasteiger partial charge in [0.2, 0.25) is 5.95 Å². The Morgan fingerprint density at radius 3 is 3.19 bits per heavy atom. The molecule has 0 bridgehead atoms. The van der Waals surface area contributed by atoms with E-state index in [1.54, 1.807) is 11.3 Å². The summed E-state index contributed by atoms with van der Waals surface area (Å²) in [6, 6.07) is 0. The molecular weight excluding hydrogens is 222 g/mol. The lowest BCUT2D eigenvalue weighted by atomic mass is 9.89. The summed E-state index contributed by atoms with van der Waals surface area (Å²) in [6.45, 7) is 2.25. The first kappa shape index (κ1) is 9.84. The van der Waals surface area contributed by atoms with Gasteiger partial charge in [-0.2, -0.15) is 0 Å². The number of nitrogen functional groups attached to an aromatic ring is 1. The summed E-state index contributed by atoms with van der Waals surface area (Å²) in [5.74, 6) is 0.918. The number of fused-ring (bicyclic) bond motifs is 3. The first-order chi connectivity index (χ1) is 7.65. The summed E-state index contributed by atoms with van der Waals surface area (Å²) in [5.41, 5.74) is 6.66. The molecule has 0 spiro atoms. The van der Waals surface area contributed by atoms with E-state index in [1.165, 1.54) is 10.4 Å². The molecule has 0 aromatic carbocycles. The first-order valence-corrected chi connectivity index (χ1v) is 6.27. The van der Waals surface area contributed by atoms with E-state index >= 15 is 0 Å². The Hall–Kier alpha value is -1.36. The molecule has 3 rings (SSSR count). The van der Waals surface area contributed by atoms with Crippen molar-refractivity contribution in [3.8, 4) is 0 Å². The van der Waals surface area contributed by atoms with Gasteiger partial charge in [0.15, 0.2) is 0 Å². The first-order valence-electron chi connectivity index (χ1n) is 5.45. The van der Waals surface area contributed by atoms with Gasteiger partial charge in [-0.25, -0.2) is 4.98 Å². The maximum Gasteiger partial charge on any atom is 0.261 e. The fraction of sp³-hybridized carbons (Fsp3) is 0.455. The standard InChI is InChI=1S/C11H13N3OS/c1-5-2-3-6-7(4-5)16-10-8(6)9(15)13-11(12)14-10/h5H,2-4H2,1H3,(H3,12,13,14,15). The van der Waals surface area contributed by atoms with Gasteiger partial charge in [0.1, 0.15) is 4.83 Å². The molecule has 5 heteroatoms. The average Bonchev–Trinajstić information content (AvgIpc) is 2.54. The SMILES string of the molecule is CC1CCc2c(sc3nc(N)[nH]c(=O)c23)C1. The number of anilines is 1. The molecule has 2 heterocycles. The van der Waals surface area contributed by atoms with Crippen LogP contribution in [0, 0.1) is 5.92 Å². The predicted octanol–water partition coefficient (Wildman–Crippen LogP) is 1.69. The van der Waals surface area contributed by atoms with E-state index in [2.05, 4.69) is 16.9 Å². The molecule has 1 aliphatic carbocycles. The third kappa shape index (κ3) is 1.35. The number of aromatic amines is 1. The maximum atomic E-state index is 11.8. The average molecular weight is 235 g/mol. The van der Waals surface area contributed by atoms with Crippen LogP contribution in [0.5, 0.6) is 0 Å². The number of aromatic nitrogens is 2. The van der Waals surface area contributed by atoms with Gasteiger partial charge in [0.05, 0.1) is 5.39 Å². The van der Waals surface area contributed by atoms with E-state index in [1.807, 2.05) is 0 Å². The lowest BCUT2D eigenvalue weighted by Crippen LogP contribution is -2.14. The van der Waals surface area contributed by atoms with Crippen LogP contribution in [0.4, 0.5) is 5.95 Å². The number of nitrogens with zero attached hydrogens (tertiary/aromatic N) is 1. The van der Waals surface area contributed by atoms with Gasteiger partial charge in [-0.1, -0.05) is 6.92 Å². The molecule has 1 aliphatic rings. The Morgan fingerprint density at radius 1 is 1.56 bits per heavy atom. The number of H-pyrrole nitrogens is 1. The van der Waals surface area contributed by atoms with E-state index in [4.69, 9.17) is 5.73 Å². The molecule has 0 saturated carbocycles. The number of aryl methyl sites for hydroxylation is 1. The minimum Gasteiger partial charge on any atom is -0.369 e. The van der Waals surface area contributed by atoms with Crippen LogP contribution in [0.1, 0.15) is 23.8 Å². The molecule has 0 amide bonds. The van der Waals surface area contributed by atoms with E-state index in [-0.39, 0.29) is 11.5 Å². The molecule has 0 saturated heterocycles. The van der Waals surface area contributed by atoms with Crippen LogP contribution in [-0.2, 0) is 12.8 Å². The van der Waals surface area contributed by atoms with Gasteiger partial charge < -0.3 is 5.73 Å². The second-order valence-electron chi connectivity index (χ2n) is 4.48. The van der Waals surface area contributed by atoms with Gasteiger partial charge >= 0.3 is 0 Å². The number of hydrogen-bond donors (Lipinski definition) is 2. The summed E-state index contributed by atoms with van der Waals surface area (Å²) >= 11 is 1.62. The Kier molecular flexibility index (Phi) is 2.04. The van der Waals surface area contributed by atoms with Crippen molar-refractivity contribution in [2.45, 2.75) is 26.2 Å². The summed E-state index contributed by atoms with van der Waals surface area (Å²) in [5, 5.41) is 0.765. The van der Waals surface area contributed by atoms with Crippen molar-refractivity contribution >= 4 is 27.5 Å². The van der Waals surface area contributed by atoms with E-state index in [0.717, 1.165) is 29.5 Å². The molecule has 1 atom stereocenters. The molecule has 84 valence electrons. The molecule has 0 aliphatic heterocycles. The Morgan fingerprint density at radius 2 is 2.38 bits per heavy atom. The van der Waals surface area contributed by atoms with Crippen molar-refractivity contribution in [1.29, 1.82) is 0 Å². The zero-order valence-electron chi connectivity index (χ0n) is 9.04. The number of hydrogen-bond acceptors (Lipinski definition) is 4. The highest BCUT2D eigenvalue weighted by atomic mass is 32.1. The second kappa shape index (κ2) is 3.31. The quantitative estimate of drug-likeness (QED) is 0.730. The van der Waals surface area contributed by atoms with Crippen LogP contribution < -0.4 is 11.3 Å². The maximum absolute atomic E-state index is 11.8. The minimum absolute atomic E-state index is 0.0884. The Bertz CT molecular complexity index is 613. The Balaban J connectivity index is 2.33. The lowest BCUT2D eigenvalue weighted by Gasteiger charge is -2.17. The molecule has 2 aromatic rings. The fourth-order valence-corrected chi connectivity index (χ4v) is 3.76. The van der Waals surface area contributed by atoms with Crippen LogP contribution in [0.2, 0.25) is 0 Å². The lowest BCUT2D eigenvalue weighted by molar-refractivity contribution is 0.509. The van der Waals surface area contributed by atoms with Crippen LogP contribution in [0.3, 0.4) is 0 Å². The van der Waals surface area contributed by atoms with Gasteiger partial charge in [0.25, 0.3) is 5.56 Å². The number of rotatable bonds is 0. The van der Waals surface area contributed by atoms with Crippen molar-refractivity contribution in [2.75, 3.05) is 5.73 Å². The van der Waals surface area contributed by atoms with Gasteiger partial charge in [-0.3, -0.25) is 9.78 Å². The molecule has 16 heavy (non-hydrogen) atoms. The summed E-state index contributed by atoms with van der Waals surface area (Å²) in [6.07, 6.45) is 3.21. The van der Waals surface area contributed by atoms with Crippen LogP contribution in [-0.4, -0.2) is 9.97 Å². The predicted molar refractivity (Wildman–Crippen MR) is 65.8 cm³/mol. The minimum atomic E-state index is -0.0884. The smallest absolute Gasteiger partial charge is 0.261 e. The van der Waals surface area contributed by atoms with Crippen molar-refractivity contribution in [3.63, 3.8) is 0 Å². The highest BCUT2D eigenvalue weighted by molar-refractivity contribution is 7.18. The summed E-state index contributed by atoms with van der Waals surface area (Å²) in [4.78, 5) is 20.7. The van der Waals surface area contributed by atoms with E-state index < -0.39 is 0 Å². The second-order valence-corrected chi connectivity index (χ2v) is 5.57. The number of nitrogens with one attached hydrogen (secondary N) is 1. The highest BCUT2D eigenvalue weighted by Crippen LogP contribution is 2.35. The zero-order valence-corrected chi connectivity index (χ0v) is 9.86. The molecule has 4 nitrogen and oxygen atoms in total. The van der Waals surface area contributed by atoms with Crippen molar-refractivity contribution in [3.05, 3.63) is 20.8 Å². The summed E-state index contributed by atoms with van der Waals surface area (Å²) < 4.78 is 0. The molecule has 3 N–H and O–H groups in total. The van der Waals surface area contributed by atoms with Gasteiger partial charge in [-0.15, -0.1) is 11.3 Å².